The predicted octanol–water partition coefficient (Wildman–Crippen LogP) is 5.30. The fourth-order valence-corrected chi connectivity index (χ4v) is 2.44. The Morgan fingerprint density at radius 3 is 1.35 bits per heavy atom. The minimum Gasteiger partial charge on any atom is -0.367 e. The Bertz CT molecular complexity index is 375. The monoisotopic (exact) mass is 352 g/mol. The number of rotatable bonds is 4. The van der Waals surface area contributed by atoms with Gasteiger partial charge in [0.1, 0.15) is 0 Å². The average Bonchev–Trinajstić information content (AvgIpc) is 2.17. The summed E-state index contributed by atoms with van der Waals surface area (Å²) in [4.78, 5) is 0. The average molecular weight is 352 g/mol. The Kier molecular flexibility index (Phi) is 6.29. The van der Waals surface area contributed by atoms with Crippen molar-refractivity contribution >= 4 is 0 Å². The van der Waals surface area contributed by atoms with Crippen molar-refractivity contribution in [2.75, 3.05) is 0 Å². The molecule has 0 fully saturated rings. The minimum absolute atomic E-state index is 0.174. The Labute approximate surface area is 133 Å². The molecule has 0 heterocycles. The summed E-state index contributed by atoms with van der Waals surface area (Å²) in [6.07, 6.45) is -17.4. The van der Waals surface area contributed by atoms with Crippen LogP contribution in [-0.4, -0.2) is 29.9 Å². The van der Waals surface area contributed by atoms with E-state index in [-0.39, 0.29) is 6.42 Å². The number of halogens is 6. The van der Waals surface area contributed by atoms with Crippen LogP contribution < -0.4 is 0 Å². The molecule has 0 saturated carbocycles. The highest BCUT2D eigenvalue weighted by atomic mass is 19.4. The third kappa shape index (κ3) is 6.14. The van der Waals surface area contributed by atoms with Crippen LogP contribution in [0.5, 0.6) is 0 Å². The fourth-order valence-electron chi connectivity index (χ4n) is 2.44. The summed E-state index contributed by atoms with van der Waals surface area (Å²) >= 11 is 0. The molecule has 0 aromatic rings. The van der Waals surface area contributed by atoms with Crippen molar-refractivity contribution in [3.05, 3.63) is 0 Å². The Hall–Kier alpha value is -0.500. The van der Waals surface area contributed by atoms with Gasteiger partial charge in [-0.25, -0.2) is 0 Å². The zero-order valence-corrected chi connectivity index (χ0v) is 14.5. The number of hydrogen-bond acceptors (Lipinski definition) is 2. The maximum atomic E-state index is 12.6. The molecule has 0 aliphatic rings. The van der Waals surface area contributed by atoms with Crippen LogP contribution in [0.25, 0.3) is 0 Å². The summed E-state index contributed by atoms with van der Waals surface area (Å²) in [6.45, 7) is 11.7. The van der Waals surface area contributed by atoms with Gasteiger partial charge in [-0.05, 0) is 17.3 Å². The largest absolute Gasteiger partial charge is 0.423 e. The molecule has 0 amide bonds. The molecule has 1 N–H and O–H groups in total. The smallest absolute Gasteiger partial charge is 0.367 e. The molecule has 2 atom stereocenters. The zero-order chi connectivity index (χ0) is 19.1. The second-order valence-corrected chi connectivity index (χ2v) is 8.36. The summed E-state index contributed by atoms with van der Waals surface area (Å²) in [5.74, 6) is 0. The Morgan fingerprint density at radius 1 is 0.783 bits per heavy atom. The van der Waals surface area contributed by atoms with E-state index in [1.165, 1.54) is 6.92 Å². The predicted molar refractivity (Wildman–Crippen MR) is 74.6 cm³/mol. The maximum absolute atomic E-state index is 12.6. The first kappa shape index (κ1) is 22.5. The molecule has 0 aromatic heterocycles. The van der Waals surface area contributed by atoms with Crippen LogP contribution >= 0.6 is 0 Å². The van der Waals surface area contributed by atoms with E-state index in [4.69, 9.17) is 0 Å². The summed E-state index contributed by atoms with van der Waals surface area (Å²) in [5.41, 5.74) is -2.54. The highest BCUT2D eigenvalue weighted by Crippen LogP contribution is 2.50. The second kappa shape index (κ2) is 6.43. The van der Waals surface area contributed by atoms with Crippen molar-refractivity contribution in [1.29, 1.82) is 0 Å². The zero-order valence-electron chi connectivity index (χ0n) is 14.5. The van der Waals surface area contributed by atoms with Gasteiger partial charge in [0.15, 0.2) is 6.29 Å². The van der Waals surface area contributed by atoms with Crippen molar-refractivity contribution in [1.82, 2.24) is 0 Å². The van der Waals surface area contributed by atoms with Gasteiger partial charge in [0.25, 0.3) is 6.10 Å². The van der Waals surface area contributed by atoms with Gasteiger partial charge in [0, 0.05) is 5.41 Å². The van der Waals surface area contributed by atoms with Gasteiger partial charge < -0.3 is 9.84 Å². The van der Waals surface area contributed by atoms with Gasteiger partial charge >= 0.3 is 12.4 Å². The van der Waals surface area contributed by atoms with Crippen LogP contribution in [0.15, 0.2) is 0 Å². The first-order chi connectivity index (χ1) is 9.72. The SMILES string of the molecule is CC(C)(C)CC(C)(C(O)OC(C(F)(F)F)C(F)(F)F)C(C)(C)C. The molecule has 0 aliphatic heterocycles. The van der Waals surface area contributed by atoms with E-state index in [9.17, 15) is 31.4 Å². The minimum atomic E-state index is -5.65. The summed E-state index contributed by atoms with van der Waals surface area (Å²) in [6, 6.07) is 0. The van der Waals surface area contributed by atoms with Crippen molar-refractivity contribution < 1.29 is 36.2 Å². The molecule has 140 valence electrons. The summed E-state index contributed by atoms with van der Waals surface area (Å²) < 4.78 is 80.0. The molecule has 0 spiro atoms. The van der Waals surface area contributed by atoms with Crippen LogP contribution in [0.1, 0.15) is 54.9 Å². The number of aliphatic hydroxyl groups excluding tert-OH is 1. The van der Waals surface area contributed by atoms with Crippen molar-refractivity contribution in [2.24, 2.45) is 16.2 Å². The van der Waals surface area contributed by atoms with Crippen molar-refractivity contribution in [3.8, 4) is 0 Å². The fraction of sp³-hybridized carbons (Fsp3) is 1.00. The molecule has 2 unspecified atom stereocenters. The first-order valence-corrected chi connectivity index (χ1v) is 7.19. The molecule has 2 nitrogen and oxygen atoms in total. The third-order valence-corrected chi connectivity index (χ3v) is 4.02. The van der Waals surface area contributed by atoms with Gasteiger partial charge in [-0.1, -0.05) is 48.5 Å². The molecule has 23 heavy (non-hydrogen) atoms. The van der Waals surface area contributed by atoms with Gasteiger partial charge in [-0.3, -0.25) is 0 Å². The summed E-state index contributed by atoms with van der Waals surface area (Å²) in [7, 11) is 0. The van der Waals surface area contributed by atoms with Gasteiger partial charge in [-0.2, -0.15) is 26.3 Å². The molecule has 0 rings (SSSR count). The lowest BCUT2D eigenvalue weighted by Gasteiger charge is -2.48. The maximum Gasteiger partial charge on any atom is 0.423 e. The van der Waals surface area contributed by atoms with Crippen LogP contribution in [-0.2, 0) is 4.74 Å². The lowest BCUT2D eigenvalue weighted by Crippen LogP contribution is -2.53. The van der Waals surface area contributed by atoms with Crippen LogP contribution in [0.2, 0.25) is 0 Å². The van der Waals surface area contributed by atoms with E-state index in [1.807, 2.05) is 0 Å². The number of hydrogen-bond donors (Lipinski definition) is 1. The van der Waals surface area contributed by atoms with Gasteiger partial charge in [0.05, 0.1) is 0 Å². The van der Waals surface area contributed by atoms with Crippen molar-refractivity contribution in [3.63, 3.8) is 0 Å². The standard InChI is InChI=1S/C15H26F6O2/c1-11(2,3)8-13(7,12(4,5)6)10(22)23-9(14(16,17)18)15(19,20)21/h9-10,22H,8H2,1-7H3. The van der Waals surface area contributed by atoms with E-state index >= 15 is 0 Å². The Balaban J connectivity index is 5.68. The topological polar surface area (TPSA) is 29.5 Å². The van der Waals surface area contributed by atoms with E-state index in [0.29, 0.717) is 0 Å². The van der Waals surface area contributed by atoms with Crippen LogP contribution in [0.3, 0.4) is 0 Å². The van der Waals surface area contributed by atoms with Gasteiger partial charge in [-0.15, -0.1) is 0 Å². The third-order valence-electron chi connectivity index (χ3n) is 4.02. The quantitative estimate of drug-likeness (QED) is 0.549. The number of alkyl halides is 6. The van der Waals surface area contributed by atoms with E-state index < -0.39 is 41.0 Å². The van der Waals surface area contributed by atoms with Crippen molar-refractivity contribution in [2.45, 2.75) is 79.6 Å². The highest BCUT2D eigenvalue weighted by Gasteiger charge is 2.60. The molecule has 0 radical (unpaired) electrons. The molecule has 0 aromatic carbocycles. The summed E-state index contributed by atoms with van der Waals surface area (Å²) in [5, 5.41) is 10.1. The molecular weight excluding hydrogens is 326 g/mol. The molecule has 0 aliphatic carbocycles. The number of aliphatic hydroxyl groups is 1. The normalized spacial score (nSPS) is 18.9. The molecule has 0 saturated heterocycles. The van der Waals surface area contributed by atoms with Crippen LogP contribution in [0, 0.1) is 16.2 Å². The molecular formula is C15H26F6O2. The Morgan fingerprint density at radius 2 is 1.13 bits per heavy atom. The van der Waals surface area contributed by atoms with E-state index in [1.54, 1.807) is 41.5 Å². The van der Waals surface area contributed by atoms with Gasteiger partial charge in [0.2, 0.25) is 0 Å². The second-order valence-electron chi connectivity index (χ2n) is 8.36. The molecule has 0 bridgehead atoms. The lowest BCUT2D eigenvalue weighted by atomic mass is 9.61. The lowest BCUT2D eigenvalue weighted by molar-refractivity contribution is -0.367. The van der Waals surface area contributed by atoms with Crippen LogP contribution in [0.4, 0.5) is 26.3 Å². The van der Waals surface area contributed by atoms with E-state index in [2.05, 4.69) is 4.74 Å². The highest BCUT2D eigenvalue weighted by molar-refractivity contribution is 4.93. The molecule has 8 heteroatoms. The van der Waals surface area contributed by atoms with E-state index in [0.717, 1.165) is 0 Å². The number of ether oxygens (including phenoxy) is 1. The first-order valence-electron chi connectivity index (χ1n) is 7.19.